The highest BCUT2D eigenvalue weighted by Crippen LogP contribution is 2.39. The fourth-order valence-electron chi connectivity index (χ4n) is 2.47. The first-order chi connectivity index (χ1) is 9.16. The SMILES string of the molecule is O=C(O)[C@@H]1[C@H](C(=O)Nc2ncccn2)[C@H]2C=C[C@H]1O2. The molecule has 7 nitrogen and oxygen atoms in total. The molecule has 1 amide bonds. The van der Waals surface area contributed by atoms with E-state index in [-0.39, 0.29) is 5.95 Å². The zero-order valence-electron chi connectivity index (χ0n) is 9.76. The third-order valence-corrected chi connectivity index (χ3v) is 3.29. The van der Waals surface area contributed by atoms with Gasteiger partial charge < -0.3 is 9.84 Å². The lowest BCUT2D eigenvalue weighted by molar-refractivity contribution is -0.145. The van der Waals surface area contributed by atoms with Crippen LogP contribution in [0.5, 0.6) is 0 Å². The van der Waals surface area contributed by atoms with Gasteiger partial charge in [0.15, 0.2) is 0 Å². The summed E-state index contributed by atoms with van der Waals surface area (Å²) in [6.07, 6.45) is 5.37. The van der Waals surface area contributed by atoms with Gasteiger partial charge in [0.1, 0.15) is 5.92 Å². The number of hydrogen-bond donors (Lipinski definition) is 2. The summed E-state index contributed by atoms with van der Waals surface area (Å²) in [5, 5.41) is 11.7. The number of hydrogen-bond acceptors (Lipinski definition) is 5. The van der Waals surface area contributed by atoms with Crippen LogP contribution in [0.15, 0.2) is 30.6 Å². The maximum atomic E-state index is 12.2. The summed E-state index contributed by atoms with van der Waals surface area (Å²) in [7, 11) is 0. The minimum atomic E-state index is -1.04. The van der Waals surface area contributed by atoms with E-state index in [1.165, 1.54) is 12.4 Å². The Balaban J connectivity index is 1.79. The lowest BCUT2D eigenvalue weighted by Crippen LogP contribution is -2.39. The molecule has 19 heavy (non-hydrogen) atoms. The topological polar surface area (TPSA) is 101 Å². The van der Waals surface area contributed by atoms with E-state index in [0.29, 0.717) is 0 Å². The normalized spacial score (nSPS) is 31.4. The number of nitrogens with zero attached hydrogens (tertiary/aromatic N) is 2. The van der Waals surface area contributed by atoms with E-state index >= 15 is 0 Å². The number of fused-ring (bicyclic) bond motifs is 2. The maximum Gasteiger partial charge on any atom is 0.310 e. The van der Waals surface area contributed by atoms with Crippen LogP contribution in [0.25, 0.3) is 0 Å². The van der Waals surface area contributed by atoms with E-state index in [9.17, 15) is 14.7 Å². The van der Waals surface area contributed by atoms with Crippen LogP contribution < -0.4 is 5.32 Å². The third kappa shape index (κ3) is 1.97. The predicted octanol–water partition coefficient (Wildman–Crippen LogP) is 0.0693. The largest absolute Gasteiger partial charge is 0.481 e. The molecule has 0 radical (unpaired) electrons. The van der Waals surface area contributed by atoms with Crippen molar-refractivity contribution >= 4 is 17.8 Å². The molecule has 1 aromatic heterocycles. The van der Waals surface area contributed by atoms with Crippen LogP contribution >= 0.6 is 0 Å². The Morgan fingerprint density at radius 2 is 1.79 bits per heavy atom. The molecule has 2 aliphatic heterocycles. The van der Waals surface area contributed by atoms with E-state index in [1.807, 2.05) is 0 Å². The van der Waals surface area contributed by atoms with Crippen molar-refractivity contribution in [2.75, 3.05) is 5.32 Å². The fourth-order valence-corrected chi connectivity index (χ4v) is 2.47. The Bertz CT molecular complexity index is 545. The summed E-state index contributed by atoms with van der Waals surface area (Å²) in [4.78, 5) is 31.1. The molecule has 0 spiro atoms. The highest BCUT2D eigenvalue weighted by atomic mass is 16.5. The second-order valence-corrected chi connectivity index (χ2v) is 4.40. The molecule has 1 saturated heterocycles. The summed E-state index contributed by atoms with van der Waals surface area (Å²) < 4.78 is 5.42. The molecule has 0 saturated carbocycles. The highest BCUT2D eigenvalue weighted by molar-refractivity contribution is 5.95. The molecular formula is C12H11N3O4. The molecule has 1 fully saturated rings. The molecule has 2 bridgehead atoms. The van der Waals surface area contributed by atoms with Gasteiger partial charge in [-0.1, -0.05) is 12.2 Å². The maximum absolute atomic E-state index is 12.2. The van der Waals surface area contributed by atoms with Crippen molar-refractivity contribution in [3.63, 3.8) is 0 Å². The average molecular weight is 261 g/mol. The number of amides is 1. The minimum absolute atomic E-state index is 0.156. The number of carbonyl (C=O) groups is 2. The zero-order chi connectivity index (χ0) is 13.4. The second kappa shape index (κ2) is 4.43. The standard InChI is InChI=1S/C12H11N3O4/c16-10(15-12-13-4-1-5-14-12)8-6-2-3-7(19-6)9(8)11(17)18/h1-9H,(H,17,18)(H,13,14,15,16)/t6-,7-,8-,9+/m1/s1. The van der Waals surface area contributed by atoms with Gasteiger partial charge in [0, 0.05) is 12.4 Å². The summed E-state index contributed by atoms with van der Waals surface area (Å²) in [5.74, 6) is -2.93. The molecule has 1 aromatic rings. The van der Waals surface area contributed by atoms with Gasteiger partial charge in [0.25, 0.3) is 0 Å². The Kier molecular flexibility index (Phi) is 2.75. The van der Waals surface area contributed by atoms with Gasteiger partial charge >= 0.3 is 5.97 Å². The van der Waals surface area contributed by atoms with Crippen molar-refractivity contribution < 1.29 is 19.4 Å². The first-order valence-electron chi connectivity index (χ1n) is 5.81. The molecule has 0 aromatic carbocycles. The van der Waals surface area contributed by atoms with Crippen molar-refractivity contribution in [3.8, 4) is 0 Å². The monoisotopic (exact) mass is 261 g/mol. The minimum Gasteiger partial charge on any atom is -0.481 e. The Morgan fingerprint density at radius 3 is 2.42 bits per heavy atom. The van der Waals surface area contributed by atoms with Crippen molar-refractivity contribution in [2.24, 2.45) is 11.8 Å². The quantitative estimate of drug-likeness (QED) is 0.746. The molecule has 0 unspecified atom stereocenters. The number of anilines is 1. The van der Waals surface area contributed by atoms with E-state index in [2.05, 4.69) is 15.3 Å². The van der Waals surface area contributed by atoms with Crippen LogP contribution in [-0.2, 0) is 14.3 Å². The molecule has 2 N–H and O–H groups in total. The van der Waals surface area contributed by atoms with Crippen LogP contribution in [0.3, 0.4) is 0 Å². The Hall–Kier alpha value is -2.28. The van der Waals surface area contributed by atoms with Gasteiger partial charge in [-0.25, -0.2) is 9.97 Å². The first-order valence-corrected chi connectivity index (χ1v) is 5.81. The van der Waals surface area contributed by atoms with Crippen LogP contribution in [0, 0.1) is 11.8 Å². The molecular weight excluding hydrogens is 250 g/mol. The first kappa shape index (κ1) is 11.8. The number of nitrogens with one attached hydrogen (secondary N) is 1. The number of rotatable bonds is 3. The Morgan fingerprint density at radius 1 is 1.16 bits per heavy atom. The molecule has 2 aliphatic rings. The lowest BCUT2D eigenvalue weighted by atomic mass is 9.82. The van der Waals surface area contributed by atoms with Gasteiger partial charge in [-0.15, -0.1) is 0 Å². The number of carbonyl (C=O) groups excluding carboxylic acids is 1. The van der Waals surface area contributed by atoms with Crippen molar-refractivity contribution in [3.05, 3.63) is 30.6 Å². The third-order valence-electron chi connectivity index (χ3n) is 3.29. The number of carboxylic acid groups (broad SMARTS) is 1. The van der Waals surface area contributed by atoms with E-state index in [1.54, 1.807) is 18.2 Å². The van der Waals surface area contributed by atoms with Crippen LogP contribution in [0.2, 0.25) is 0 Å². The lowest BCUT2D eigenvalue weighted by Gasteiger charge is -2.20. The average Bonchev–Trinajstić information content (AvgIpc) is 2.99. The smallest absolute Gasteiger partial charge is 0.310 e. The number of aromatic nitrogens is 2. The van der Waals surface area contributed by atoms with Gasteiger partial charge in [-0.3, -0.25) is 14.9 Å². The highest BCUT2D eigenvalue weighted by Gasteiger charge is 2.53. The zero-order valence-corrected chi connectivity index (χ0v) is 9.76. The molecule has 4 atom stereocenters. The Labute approximate surface area is 108 Å². The van der Waals surface area contributed by atoms with Gasteiger partial charge in [0.05, 0.1) is 18.1 Å². The molecule has 3 rings (SSSR count). The van der Waals surface area contributed by atoms with Crippen molar-refractivity contribution in [1.82, 2.24) is 9.97 Å². The number of ether oxygens (including phenoxy) is 1. The molecule has 98 valence electrons. The summed E-state index contributed by atoms with van der Waals surface area (Å²) in [6, 6.07) is 1.62. The van der Waals surface area contributed by atoms with Gasteiger partial charge in [0.2, 0.25) is 11.9 Å². The van der Waals surface area contributed by atoms with E-state index < -0.39 is 35.9 Å². The van der Waals surface area contributed by atoms with E-state index in [4.69, 9.17) is 4.74 Å². The number of aliphatic carboxylic acids is 1. The van der Waals surface area contributed by atoms with Crippen LogP contribution in [-0.4, -0.2) is 39.2 Å². The fraction of sp³-hybridized carbons (Fsp3) is 0.333. The summed E-state index contributed by atoms with van der Waals surface area (Å²) >= 11 is 0. The predicted molar refractivity (Wildman–Crippen MR) is 63.1 cm³/mol. The second-order valence-electron chi connectivity index (χ2n) is 4.40. The van der Waals surface area contributed by atoms with Crippen molar-refractivity contribution in [1.29, 1.82) is 0 Å². The summed E-state index contributed by atoms with van der Waals surface area (Å²) in [6.45, 7) is 0. The van der Waals surface area contributed by atoms with E-state index in [0.717, 1.165) is 0 Å². The van der Waals surface area contributed by atoms with Gasteiger partial charge in [-0.2, -0.15) is 0 Å². The molecule has 3 heterocycles. The molecule has 7 heteroatoms. The summed E-state index contributed by atoms with van der Waals surface area (Å²) in [5.41, 5.74) is 0. The van der Waals surface area contributed by atoms with Crippen molar-refractivity contribution in [2.45, 2.75) is 12.2 Å². The molecule has 0 aliphatic carbocycles. The van der Waals surface area contributed by atoms with Gasteiger partial charge in [-0.05, 0) is 6.07 Å². The van der Waals surface area contributed by atoms with Crippen LogP contribution in [0.4, 0.5) is 5.95 Å². The van der Waals surface area contributed by atoms with Crippen LogP contribution in [0.1, 0.15) is 0 Å². The number of carboxylic acids is 1.